The Bertz CT molecular complexity index is 3980. The summed E-state index contributed by atoms with van der Waals surface area (Å²) < 4.78 is 87.4. The van der Waals surface area contributed by atoms with Gasteiger partial charge in [0.05, 0.1) is 86.3 Å². The van der Waals surface area contributed by atoms with E-state index in [-0.39, 0.29) is 62.3 Å². The number of esters is 3. The predicted octanol–water partition coefficient (Wildman–Crippen LogP) is 7.41. The van der Waals surface area contributed by atoms with Crippen molar-refractivity contribution in [3.63, 3.8) is 0 Å². The molecule has 27 heteroatoms. The summed E-state index contributed by atoms with van der Waals surface area (Å²) >= 11 is 0. The third-order valence-electron chi connectivity index (χ3n) is 19.2. The molecular formula is C66H68N6O21. The first-order chi connectivity index (χ1) is 45.2. The summed E-state index contributed by atoms with van der Waals surface area (Å²) in [6.07, 6.45) is -0.541. The molecule has 9 aliphatic rings. The van der Waals surface area contributed by atoms with Gasteiger partial charge in [0, 0.05) is 58.6 Å². The fourth-order valence-electron chi connectivity index (χ4n) is 15.0. The molecule has 0 fully saturated rings. The lowest BCUT2D eigenvalue weighted by molar-refractivity contribution is 0.00811. The highest BCUT2D eigenvalue weighted by Crippen LogP contribution is 2.62. The molecule has 0 amide bonds. The first-order valence-corrected chi connectivity index (χ1v) is 30.1. The number of ether oxygens (including phenoxy) is 15. The standard InChI is InChI=1S/C44H44N4O14.C22H24N2O7/c1-47-13-11-20-26(32(47)35-23-9-10-25(53-3)38(55-5)29(23)44(52)61-35)24(16-50)37-40(58-17-57-37)30(20)45-46-31-21-12-14-48(2)33(27(21)39(56-6)42-41(31)59-18-60-42)36-22-8-7-19(15-49)34(54-4)28(22)43(51)62-36;1-24-7-6-10-14(12(8-25)19-21(16(10)23)30-9-29-19)17(24)18-11-4-5-13(27-2)20(28-3)15(11)22(26)31-18/h7-10,32-33,35-36,49-50H,11-18H2,1-6H3;4-5,17-18,25H,6-9,23H2,1-3H3/t32-,33-,35+,36+;17-,18+/m11/s1. The second-order valence-electron chi connectivity index (χ2n) is 23.4. The van der Waals surface area contributed by atoms with Crippen molar-refractivity contribution in [2.75, 3.05) is 110 Å². The summed E-state index contributed by atoms with van der Waals surface area (Å²) in [5, 5.41) is 41.2. The normalized spacial score (nSPS) is 21.8. The average molecular weight is 1280 g/mol. The van der Waals surface area contributed by atoms with Crippen LogP contribution in [-0.4, -0.2) is 152 Å². The smallest absolute Gasteiger partial charge is 0.343 e. The zero-order chi connectivity index (χ0) is 65.0. The lowest BCUT2D eigenvalue weighted by atomic mass is 9.82. The topological polar surface area (TPSA) is 311 Å². The number of fused-ring (bicyclic) bond motifs is 9. The van der Waals surface area contributed by atoms with Crippen LogP contribution in [0.15, 0.2) is 46.6 Å². The molecule has 0 bridgehead atoms. The lowest BCUT2D eigenvalue weighted by Gasteiger charge is -2.39. The number of nitrogen functional groups attached to an aromatic ring is 1. The van der Waals surface area contributed by atoms with E-state index < -0.39 is 54.9 Å². The molecule has 6 atom stereocenters. The van der Waals surface area contributed by atoms with E-state index in [0.717, 1.165) is 22.3 Å². The molecule has 15 rings (SSSR count). The molecule has 0 radical (unpaired) electrons. The van der Waals surface area contributed by atoms with Crippen molar-refractivity contribution >= 4 is 35.0 Å². The SMILES string of the molecule is COc1ccc2c(c1OC)C(=O)O[C@@H]2[C@H]1c2c(c(N)c3c(c2CO)OCO3)CCN1C.COc1ccc2c(c1OC)C(=O)O[C@@H]2[C@H]1c2c(c(N=Nc3c4c(c(OC)c5c3OCO5)[C@H]([C@H]3OC(=O)c5c3ccc(CO)c5OC)N(C)CC4)c3c(c2CO)OCO3)CCN1C. The number of nitrogens with zero attached hydrogens (tertiary/aromatic N) is 5. The lowest BCUT2D eigenvalue weighted by Crippen LogP contribution is -2.37. The minimum atomic E-state index is -0.793. The van der Waals surface area contributed by atoms with E-state index in [1.165, 1.54) is 35.5 Å². The fourth-order valence-corrected chi connectivity index (χ4v) is 15.0. The minimum Gasteiger partial charge on any atom is -0.495 e. The van der Waals surface area contributed by atoms with Gasteiger partial charge in [0.1, 0.15) is 52.1 Å². The largest absolute Gasteiger partial charge is 0.495 e. The number of carbonyl (C=O) groups excluding carboxylic acids is 3. The number of carbonyl (C=O) groups is 3. The highest BCUT2D eigenvalue weighted by Gasteiger charge is 2.51. The van der Waals surface area contributed by atoms with Crippen molar-refractivity contribution in [3.8, 4) is 69.0 Å². The van der Waals surface area contributed by atoms with Crippen LogP contribution in [0, 0.1) is 0 Å². The van der Waals surface area contributed by atoms with Crippen LogP contribution in [0.25, 0.3) is 0 Å². The maximum atomic E-state index is 13.6. The maximum Gasteiger partial charge on any atom is 0.343 e. The molecule has 93 heavy (non-hydrogen) atoms. The molecule has 0 spiro atoms. The monoisotopic (exact) mass is 1280 g/mol. The van der Waals surface area contributed by atoms with Crippen LogP contribution in [0.5, 0.6) is 69.0 Å². The molecule has 27 nitrogen and oxygen atoms in total. The van der Waals surface area contributed by atoms with Gasteiger partial charge in [0.15, 0.2) is 57.5 Å². The van der Waals surface area contributed by atoms with Crippen molar-refractivity contribution in [2.24, 2.45) is 10.2 Å². The Kier molecular flexibility index (Phi) is 15.7. The Morgan fingerprint density at radius 3 is 1.28 bits per heavy atom. The second-order valence-corrected chi connectivity index (χ2v) is 23.4. The summed E-state index contributed by atoms with van der Waals surface area (Å²) in [4.78, 5) is 46.3. The third kappa shape index (κ3) is 9.16. The maximum absolute atomic E-state index is 13.6. The molecule has 9 heterocycles. The van der Waals surface area contributed by atoms with Gasteiger partial charge in [0.25, 0.3) is 0 Å². The molecule has 488 valence electrons. The second kappa shape index (κ2) is 23.9. The summed E-state index contributed by atoms with van der Waals surface area (Å²) in [5.41, 5.74) is 16.7. The molecule has 0 saturated heterocycles. The van der Waals surface area contributed by atoms with Gasteiger partial charge in [-0.2, -0.15) is 0 Å². The quantitative estimate of drug-likeness (QED) is 0.0357. The van der Waals surface area contributed by atoms with Crippen LogP contribution >= 0.6 is 0 Å². The van der Waals surface area contributed by atoms with E-state index in [1.54, 1.807) is 37.4 Å². The van der Waals surface area contributed by atoms with Crippen LogP contribution in [0.2, 0.25) is 0 Å². The number of nitrogens with two attached hydrogens (primary N) is 1. The van der Waals surface area contributed by atoms with Gasteiger partial charge in [-0.3, -0.25) is 14.7 Å². The summed E-state index contributed by atoms with van der Waals surface area (Å²) in [5.74, 6) is 2.82. The van der Waals surface area contributed by atoms with Gasteiger partial charge >= 0.3 is 17.9 Å². The Hall–Kier alpha value is -9.51. The molecular weight excluding hydrogens is 1210 g/mol. The van der Waals surface area contributed by atoms with Crippen LogP contribution in [0.1, 0.15) is 134 Å². The minimum absolute atomic E-state index is 0.0498. The number of aliphatic hydroxyl groups is 3. The van der Waals surface area contributed by atoms with Gasteiger partial charge in [-0.05, 0) is 80.4 Å². The van der Waals surface area contributed by atoms with E-state index in [2.05, 4.69) is 14.7 Å². The molecule has 6 aromatic carbocycles. The van der Waals surface area contributed by atoms with Crippen molar-refractivity contribution in [1.82, 2.24) is 14.7 Å². The molecule has 0 aliphatic carbocycles. The molecule has 0 aromatic heterocycles. The van der Waals surface area contributed by atoms with Gasteiger partial charge in [-0.25, -0.2) is 14.4 Å². The molecule has 9 aliphatic heterocycles. The van der Waals surface area contributed by atoms with Crippen molar-refractivity contribution in [3.05, 3.63) is 120 Å². The molecule has 0 saturated carbocycles. The van der Waals surface area contributed by atoms with Crippen LogP contribution in [0.4, 0.5) is 17.1 Å². The Labute approximate surface area is 532 Å². The number of rotatable bonds is 14. The Morgan fingerprint density at radius 2 is 0.828 bits per heavy atom. The zero-order valence-corrected chi connectivity index (χ0v) is 52.4. The number of anilines is 1. The molecule has 6 aromatic rings. The Morgan fingerprint density at radius 1 is 0.452 bits per heavy atom. The number of hydrogen-bond donors (Lipinski definition) is 4. The van der Waals surface area contributed by atoms with Gasteiger partial charge < -0.3 is 92.1 Å². The first-order valence-electron chi connectivity index (χ1n) is 30.1. The zero-order valence-electron chi connectivity index (χ0n) is 52.4. The van der Waals surface area contributed by atoms with Crippen molar-refractivity contribution < 1.29 is 101 Å². The van der Waals surface area contributed by atoms with E-state index in [9.17, 15) is 29.7 Å². The Balaban J connectivity index is 0.000000202. The first kappa shape index (κ1) is 61.0. The van der Waals surface area contributed by atoms with E-state index in [1.807, 2.05) is 27.2 Å². The van der Waals surface area contributed by atoms with E-state index >= 15 is 0 Å². The molecule has 5 N–H and O–H groups in total. The van der Waals surface area contributed by atoms with Crippen LogP contribution < -0.4 is 62.6 Å². The van der Waals surface area contributed by atoms with Gasteiger partial charge in [-0.1, -0.05) is 24.3 Å². The van der Waals surface area contributed by atoms with Crippen LogP contribution in [0.3, 0.4) is 0 Å². The van der Waals surface area contributed by atoms with Gasteiger partial charge in [0.2, 0.25) is 26.1 Å². The third-order valence-corrected chi connectivity index (χ3v) is 19.2. The number of cyclic esters (lactones) is 3. The predicted molar refractivity (Wildman–Crippen MR) is 324 cm³/mol. The van der Waals surface area contributed by atoms with Gasteiger partial charge in [-0.15, -0.1) is 10.2 Å². The van der Waals surface area contributed by atoms with Crippen molar-refractivity contribution in [1.29, 1.82) is 0 Å². The van der Waals surface area contributed by atoms with E-state index in [4.69, 9.17) is 87.0 Å². The summed E-state index contributed by atoms with van der Waals surface area (Å²) in [7, 11) is 14.8. The van der Waals surface area contributed by atoms with E-state index in [0.29, 0.717) is 164 Å². The van der Waals surface area contributed by atoms with Crippen LogP contribution in [-0.2, 0) is 53.3 Å². The number of methoxy groups -OCH3 is 6. The number of benzene rings is 6. The van der Waals surface area contributed by atoms with Crippen molar-refractivity contribution in [2.45, 2.75) is 75.5 Å². The fraction of sp³-hybridized carbons (Fsp3) is 0.409. The number of likely N-dealkylation sites (N-methyl/N-ethyl adjacent to an activating group) is 3. The number of aliphatic hydroxyl groups excluding tert-OH is 3. The summed E-state index contributed by atoms with van der Waals surface area (Å²) in [6.45, 7) is 0.647. The highest BCUT2D eigenvalue weighted by atomic mass is 16.7. The molecule has 0 unspecified atom stereocenters. The highest BCUT2D eigenvalue weighted by molar-refractivity contribution is 6.00. The summed E-state index contributed by atoms with van der Waals surface area (Å²) in [6, 6.07) is 9.11. The number of hydrogen-bond acceptors (Lipinski definition) is 27. The average Bonchev–Trinajstić information content (AvgIpc) is 1.70. The number of azo groups is 1.